The summed E-state index contributed by atoms with van der Waals surface area (Å²) in [6.07, 6.45) is 7.66. The molecule has 142 valence electrons. The van der Waals surface area contributed by atoms with E-state index in [1.807, 2.05) is 24.4 Å². The monoisotopic (exact) mass is 375 g/mol. The Labute approximate surface area is 164 Å². The molecular weight excluding hydrogens is 353 g/mol. The van der Waals surface area contributed by atoms with Crippen LogP contribution in [-0.2, 0) is 0 Å². The van der Waals surface area contributed by atoms with Gasteiger partial charge in [0.25, 0.3) is 0 Å². The number of rotatable bonds is 3. The van der Waals surface area contributed by atoms with Crippen LogP contribution < -0.4 is 4.90 Å². The van der Waals surface area contributed by atoms with Crippen LogP contribution in [0.4, 0.5) is 15.8 Å². The van der Waals surface area contributed by atoms with Gasteiger partial charge in [0.15, 0.2) is 0 Å². The quantitative estimate of drug-likeness (QED) is 0.649. The Morgan fingerprint density at radius 3 is 2.75 bits per heavy atom. The zero-order chi connectivity index (χ0) is 19.8. The number of hydrogen-bond donors (Lipinski definition) is 1. The van der Waals surface area contributed by atoms with E-state index in [-0.39, 0.29) is 17.2 Å². The number of aromatic hydroxyl groups is 1. The van der Waals surface area contributed by atoms with Crippen molar-refractivity contribution in [2.75, 3.05) is 11.4 Å². The molecule has 1 aliphatic rings. The molecule has 0 radical (unpaired) electrons. The minimum Gasteiger partial charge on any atom is -0.507 e. The first-order valence-corrected chi connectivity index (χ1v) is 9.35. The highest BCUT2D eigenvalue weighted by Gasteiger charge is 2.23. The van der Waals surface area contributed by atoms with E-state index in [1.165, 1.54) is 18.2 Å². The summed E-state index contributed by atoms with van der Waals surface area (Å²) in [7, 11) is 0. The van der Waals surface area contributed by atoms with Gasteiger partial charge in [0.1, 0.15) is 11.6 Å². The number of aryl methyl sites for hydroxylation is 1. The number of nitrogens with zero attached hydrogens (tertiary/aromatic N) is 3. The van der Waals surface area contributed by atoms with Gasteiger partial charge in [-0.1, -0.05) is 32.1 Å². The van der Waals surface area contributed by atoms with Gasteiger partial charge in [-0.05, 0) is 42.7 Å². The van der Waals surface area contributed by atoms with Crippen LogP contribution in [0.3, 0.4) is 0 Å². The highest BCUT2D eigenvalue weighted by atomic mass is 19.1. The lowest BCUT2D eigenvalue weighted by atomic mass is 10.00. The molecule has 4 rings (SSSR count). The topological polar surface area (TPSA) is 49.2 Å². The number of hydrogen-bond acceptors (Lipinski definition) is 4. The van der Waals surface area contributed by atoms with E-state index in [0.717, 1.165) is 28.2 Å². The summed E-state index contributed by atoms with van der Waals surface area (Å²) < 4.78 is 14.4. The molecule has 0 saturated carbocycles. The first-order chi connectivity index (χ1) is 13.5. The van der Waals surface area contributed by atoms with Crippen molar-refractivity contribution in [3.05, 3.63) is 71.4 Å². The number of phenolic OH excluding ortho intramolecular Hbond substituents is 1. The van der Waals surface area contributed by atoms with Gasteiger partial charge in [0, 0.05) is 24.5 Å². The Morgan fingerprint density at radius 2 is 2.00 bits per heavy atom. The van der Waals surface area contributed by atoms with Crippen LogP contribution in [-0.4, -0.2) is 21.6 Å². The first kappa shape index (κ1) is 18.2. The summed E-state index contributed by atoms with van der Waals surface area (Å²) in [4.78, 5) is 11.2. The number of benzene rings is 1. The molecule has 3 heterocycles. The summed E-state index contributed by atoms with van der Waals surface area (Å²) in [5.41, 5.74) is 5.62. The third-order valence-electron chi connectivity index (χ3n) is 5.01. The molecule has 0 unspecified atom stereocenters. The van der Waals surface area contributed by atoms with Crippen molar-refractivity contribution in [2.24, 2.45) is 0 Å². The van der Waals surface area contributed by atoms with Crippen LogP contribution in [0.1, 0.15) is 36.6 Å². The molecule has 3 aromatic rings. The lowest BCUT2D eigenvalue weighted by Gasteiger charge is -2.32. The van der Waals surface area contributed by atoms with Crippen molar-refractivity contribution in [3.8, 4) is 17.0 Å². The largest absolute Gasteiger partial charge is 0.507 e. The van der Waals surface area contributed by atoms with Gasteiger partial charge in [-0.15, -0.1) is 0 Å². The van der Waals surface area contributed by atoms with Gasteiger partial charge in [0.05, 0.1) is 28.3 Å². The molecule has 0 aliphatic carbocycles. The molecule has 2 aromatic heterocycles. The summed E-state index contributed by atoms with van der Waals surface area (Å²) in [6, 6.07) is 8.13. The molecule has 0 bridgehead atoms. The molecule has 1 aliphatic heterocycles. The normalized spacial score (nSPS) is 13.1. The van der Waals surface area contributed by atoms with E-state index < -0.39 is 5.82 Å². The van der Waals surface area contributed by atoms with Crippen LogP contribution in [0.15, 0.2) is 48.8 Å². The fraction of sp³-hybridized carbons (Fsp3) is 0.217. The third kappa shape index (κ3) is 3.03. The highest BCUT2D eigenvalue weighted by molar-refractivity contribution is 5.83. The Balaban J connectivity index is 1.91. The molecule has 0 saturated heterocycles. The molecule has 0 spiro atoms. The lowest BCUT2D eigenvalue weighted by molar-refractivity contribution is 0.471. The molecule has 1 aromatic carbocycles. The highest BCUT2D eigenvalue weighted by Crippen LogP contribution is 2.40. The zero-order valence-electron chi connectivity index (χ0n) is 16.1. The minimum atomic E-state index is -0.495. The molecule has 1 N–H and O–H groups in total. The van der Waals surface area contributed by atoms with Gasteiger partial charge in [-0.2, -0.15) is 0 Å². The molecule has 4 nitrogen and oxygen atoms in total. The molecule has 5 heteroatoms. The molecule has 0 amide bonds. The van der Waals surface area contributed by atoms with Gasteiger partial charge in [0.2, 0.25) is 0 Å². The van der Waals surface area contributed by atoms with Gasteiger partial charge in [-0.25, -0.2) is 4.39 Å². The van der Waals surface area contributed by atoms with Gasteiger partial charge in [-0.3, -0.25) is 9.97 Å². The van der Waals surface area contributed by atoms with Crippen molar-refractivity contribution in [1.82, 2.24) is 9.97 Å². The summed E-state index contributed by atoms with van der Waals surface area (Å²) in [6.45, 7) is 7.01. The average Bonchev–Trinajstić information content (AvgIpc) is 2.67. The summed E-state index contributed by atoms with van der Waals surface area (Å²) in [5.74, 6) is -0.349. The zero-order valence-corrected chi connectivity index (χ0v) is 16.1. The van der Waals surface area contributed by atoms with E-state index in [4.69, 9.17) is 0 Å². The van der Waals surface area contributed by atoms with Crippen LogP contribution >= 0.6 is 0 Å². The Bertz CT molecular complexity index is 1060. The second-order valence-corrected chi connectivity index (χ2v) is 7.29. The van der Waals surface area contributed by atoms with Gasteiger partial charge >= 0.3 is 0 Å². The second-order valence-electron chi connectivity index (χ2n) is 7.29. The maximum absolute atomic E-state index is 14.4. The fourth-order valence-corrected chi connectivity index (χ4v) is 3.66. The van der Waals surface area contributed by atoms with E-state index in [9.17, 15) is 9.50 Å². The number of halogens is 1. The number of pyridine rings is 2. The van der Waals surface area contributed by atoms with Crippen molar-refractivity contribution in [3.63, 3.8) is 0 Å². The van der Waals surface area contributed by atoms with E-state index in [0.29, 0.717) is 12.2 Å². The smallest absolute Gasteiger partial charge is 0.136 e. The molecular formula is C23H22FN3O. The maximum Gasteiger partial charge on any atom is 0.136 e. The van der Waals surface area contributed by atoms with Gasteiger partial charge < -0.3 is 10.0 Å². The first-order valence-electron chi connectivity index (χ1n) is 9.35. The number of aromatic nitrogens is 2. The van der Waals surface area contributed by atoms with E-state index >= 15 is 0 Å². The van der Waals surface area contributed by atoms with Crippen molar-refractivity contribution >= 4 is 17.5 Å². The average molecular weight is 375 g/mol. The van der Waals surface area contributed by atoms with E-state index in [2.05, 4.69) is 41.7 Å². The lowest BCUT2D eigenvalue weighted by Crippen LogP contribution is -2.23. The Kier molecular flexibility index (Phi) is 4.59. The minimum absolute atomic E-state index is 0.117. The van der Waals surface area contributed by atoms with Crippen LogP contribution in [0, 0.1) is 12.7 Å². The second kappa shape index (κ2) is 7.08. The predicted octanol–water partition coefficient (Wildman–Crippen LogP) is 5.59. The predicted molar refractivity (Wildman–Crippen MR) is 110 cm³/mol. The number of fused-ring (bicyclic) bond motifs is 1. The fourth-order valence-electron chi connectivity index (χ4n) is 3.66. The maximum atomic E-state index is 14.4. The molecule has 0 atom stereocenters. The van der Waals surface area contributed by atoms with Crippen molar-refractivity contribution < 1.29 is 9.50 Å². The Morgan fingerprint density at radius 1 is 1.18 bits per heavy atom. The number of phenols is 1. The van der Waals surface area contributed by atoms with Crippen molar-refractivity contribution in [2.45, 2.75) is 26.7 Å². The van der Waals surface area contributed by atoms with E-state index in [1.54, 1.807) is 6.20 Å². The Hall–Kier alpha value is -3.21. The standard InChI is InChI=1S/C23H22FN3O/c1-14(2)22-23(15(3)9-10-25-22)27-11-5-6-16-13-26-18(12-19(16)27)21-17(24)7-4-8-20(21)28/h4-10,12-14,28H,11H2,1-3H3. The SMILES string of the molecule is Cc1ccnc(C(C)C)c1N1CC=Cc2cnc(-c3c(O)cccc3F)cc21. The number of anilines is 2. The molecule has 28 heavy (non-hydrogen) atoms. The summed E-state index contributed by atoms with van der Waals surface area (Å²) >= 11 is 0. The van der Waals surface area contributed by atoms with Crippen molar-refractivity contribution in [1.29, 1.82) is 0 Å². The molecule has 0 fully saturated rings. The van der Waals surface area contributed by atoms with Crippen LogP contribution in [0.5, 0.6) is 5.75 Å². The van der Waals surface area contributed by atoms with Crippen LogP contribution in [0.2, 0.25) is 0 Å². The van der Waals surface area contributed by atoms with Crippen LogP contribution in [0.25, 0.3) is 17.3 Å². The third-order valence-corrected chi connectivity index (χ3v) is 5.01. The summed E-state index contributed by atoms with van der Waals surface area (Å²) in [5, 5.41) is 10.2.